The van der Waals surface area contributed by atoms with E-state index in [2.05, 4.69) is 10.4 Å². The minimum atomic E-state index is -0.989. The molecule has 1 aromatic heterocycles. The highest BCUT2D eigenvalue weighted by Gasteiger charge is 2.21. The maximum Gasteiger partial charge on any atom is 0.305 e. The van der Waals surface area contributed by atoms with E-state index < -0.39 is 17.9 Å². The Labute approximate surface area is 175 Å². The van der Waals surface area contributed by atoms with Crippen molar-refractivity contribution in [3.63, 3.8) is 0 Å². The second-order valence-electron chi connectivity index (χ2n) is 7.38. The van der Waals surface area contributed by atoms with Crippen LogP contribution < -0.4 is 5.32 Å². The lowest BCUT2D eigenvalue weighted by molar-refractivity contribution is -0.137. The summed E-state index contributed by atoms with van der Waals surface area (Å²) in [5.74, 6) is -1.67. The fraction of sp³-hybridized carbons (Fsp3) is 0.261. The summed E-state index contributed by atoms with van der Waals surface area (Å²) in [5.41, 5.74) is 3.68. The zero-order chi connectivity index (χ0) is 21.7. The van der Waals surface area contributed by atoms with E-state index in [1.165, 1.54) is 10.7 Å². The van der Waals surface area contributed by atoms with Crippen molar-refractivity contribution < 1.29 is 19.8 Å². The van der Waals surface area contributed by atoms with Gasteiger partial charge in [-0.1, -0.05) is 42.5 Å². The van der Waals surface area contributed by atoms with Crippen LogP contribution in [0.25, 0.3) is 5.69 Å². The summed E-state index contributed by atoms with van der Waals surface area (Å²) >= 11 is 0. The Morgan fingerprint density at radius 3 is 2.53 bits per heavy atom. The third kappa shape index (κ3) is 5.26. The van der Waals surface area contributed by atoms with Crippen LogP contribution in [0.4, 0.5) is 0 Å². The maximum absolute atomic E-state index is 12.7. The zero-order valence-corrected chi connectivity index (χ0v) is 17.0. The normalized spacial score (nSPS) is 11.8. The van der Waals surface area contributed by atoms with Gasteiger partial charge in [-0.2, -0.15) is 5.10 Å². The van der Waals surface area contributed by atoms with Gasteiger partial charge in [0.05, 0.1) is 12.1 Å². The largest absolute Gasteiger partial charge is 0.493 e. The van der Waals surface area contributed by atoms with Gasteiger partial charge in [0.1, 0.15) is 0 Å². The second kappa shape index (κ2) is 9.26. The fourth-order valence-corrected chi connectivity index (χ4v) is 3.29. The molecule has 2 aromatic carbocycles. The van der Waals surface area contributed by atoms with E-state index in [-0.39, 0.29) is 18.0 Å². The SMILES string of the molecule is Cc1ccc(C)c(-n2nc(C(=O)NC(CCc3ccccc3)CC(=O)O)cc2O)c1. The average molecular weight is 407 g/mol. The van der Waals surface area contributed by atoms with E-state index in [0.29, 0.717) is 18.5 Å². The summed E-state index contributed by atoms with van der Waals surface area (Å²) in [6, 6.07) is 16.2. The highest BCUT2D eigenvalue weighted by molar-refractivity contribution is 5.93. The summed E-state index contributed by atoms with van der Waals surface area (Å²) in [5, 5.41) is 26.5. The van der Waals surface area contributed by atoms with Crippen molar-refractivity contribution in [2.45, 2.75) is 39.2 Å². The summed E-state index contributed by atoms with van der Waals surface area (Å²) in [6.45, 7) is 3.82. The molecule has 30 heavy (non-hydrogen) atoms. The van der Waals surface area contributed by atoms with Gasteiger partial charge in [0.15, 0.2) is 5.69 Å². The average Bonchev–Trinajstić information content (AvgIpc) is 3.10. The quantitative estimate of drug-likeness (QED) is 0.531. The number of aromatic hydroxyl groups is 1. The van der Waals surface area contributed by atoms with Crippen molar-refractivity contribution in [2.24, 2.45) is 0 Å². The molecule has 0 spiro atoms. The predicted molar refractivity (Wildman–Crippen MR) is 113 cm³/mol. The molecule has 3 aromatic rings. The second-order valence-corrected chi connectivity index (χ2v) is 7.38. The number of carbonyl (C=O) groups is 2. The molecular formula is C23H25N3O4. The van der Waals surface area contributed by atoms with Crippen LogP contribution >= 0.6 is 0 Å². The van der Waals surface area contributed by atoms with Crippen LogP contribution in [0, 0.1) is 13.8 Å². The van der Waals surface area contributed by atoms with Crippen molar-refractivity contribution in [1.82, 2.24) is 15.1 Å². The lowest BCUT2D eigenvalue weighted by Crippen LogP contribution is -2.37. The summed E-state index contributed by atoms with van der Waals surface area (Å²) in [4.78, 5) is 23.9. The number of carboxylic acids is 1. The van der Waals surface area contributed by atoms with Crippen molar-refractivity contribution in [2.75, 3.05) is 0 Å². The summed E-state index contributed by atoms with van der Waals surface area (Å²) in [6.07, 6.45) is 0.926. The smallest absolute Gasteiger partial charge is 0.305 e. The Morgan fingerprint density at radius 1 is 1.10 bits per heavy atom. The molecule has 1 amide bonds. The number of nitrogens with one attached hydrogen (secondary N) is 1. The van der Waals surface area contributed by atoms with Gasteiger partial charge in [0.25, 0.3) is 5.91 Å². The molecule has 1 unspecified atom stereocenters. The number of hydrogen-bond donors (Lipinski definition) is 3. The van der Waals surface area contributed by atoms with E-state index in [1.54, 1.807) is 0 Å². The Kier molecular flexibility index (Phi) is 6.51. The van der Waals surface area contributed by atoms with E-state index in [4.69, 9.17) is 0 Å². The first-order chi connectivity index (χ1) is 14.3. The number of nitrogens with zero attached hydrogens (tertiary/aromatic N) is 2. The number of amides is 1. The first-order valence-corrected chi connectivity index (χ1v) is 9.76. The van der Waals surface area contributed by atoms with Crippen LogP contribution in [0.15, 0.2) is 54.6 Å². The van der Waals surface area contributed by atoms with E-state index >= 15 is 0 Å². The van der Waals surface area contributed by atoms with Crippen LogP contribution in [0.3, 0.4) is 0 Å². The summed E-state index contributed by atoms with van der Waals surface area (Å²) < 4.78 is 1.31. The van der Waals surface area contributed by atoms with Crippen LogP contribution in [0.1, 0.15) is 40.0 Å². The predicted octanol–water partition coefficient (Wildman–Crippen LogP) is 3.40. The third-order valence-corrected chi connectivity index (χ3v) is 4.90. The minimum Gasteiger partial charge on any atom is -0.493 e. The molecule has 0 radical (unpaired) electrons. The number of aromatic nitrogens is 2. The standard InChI is InChI=1S/C23H25N3O4/c1-15-8-9-16(2)20(12-15)26-21(27)14-19(25-26)23(30)24-18(13-22(28)29)11-10-17-6-4-3-5-7-17/h3-9,12,14,18,27H,10-11,13H2,1-2H3,(H,24,30)(H,28,29). The van der Waals surface area contributed by atoms with Gasteiger partial charge < -0.3 is 15.5 Å². The number of aliphatic carboxylic acids is 1. The van der Waals surface area contributed by atoms with Gasteiger partial charge in [-0.05, 0) is 49.4 Å². The van der Waals surface area contributed by atoms with E-state index in [9.17, 15) is 19.8 Å². The Balaban J connectivity index is 1.75. The molecule has 0 aliphatic rings. The molecule has 1 atom stereocenters. The monoisotopic (exact) mass is 407 g/mol. The molecule has 7 nitrogen and oxygen atoms in total. The van der Waals surface area contributed by atoms with Crippen molar-refractivity contribution in [3.8, 4) is 11.6 Å². The minimum absolute atomic E-state index is 0.0310. The molecule has 7 heteroatoms. The van der Waals surface area contributed by atoms with Crippen LogP contribution in [0.2, 0.25) is 0 Å². The number of carbonyl (C=O) groups excluding carboxylic acids is 1. The number of aryl methyl sites for hydroxylation is 3. The molecule has 3 rings (SSSR count). The first kappa shape index (κ1) is 21.1. The van der Waals surface area contributed by atoms with Gasteiger partial charge >= 0.3 is 5.97 Å². The van der Waals surface area contributed by atoms with Gasteiger partial charge in [-0.25, -0.2) is 4.68 Å². The van der Waals surface area contributed by atoms with Gasteiger partial charge in [-0.3, -0.25) is 9.59 Å². The van der Waals surface area contributed by atoms with Crippen LogP contribution in [0.5, 0.6) is 5.88 Å². The molecule has 0 saturated heterocycles. The fourth-order valence-electron chi connectivity index (χ4n) is 3.29. The molecular weight excluding hydrogens is 382 g/mol. The van der Waals surface area contributed by atoms with Gasteiger partial charge in [0, 0.05) is 12.1 Å². The molecule has 0 saturated carbocycles. The number of carboxylic acid groups (broad SMARTS) is 1. The third-order valence-electron chi connectivity index (χ3n) is 4.90. The molecule has 0 fully saturated rings. The number of hydrogen-bond acceptors (Lipinski definition) is 4. The zero-order valence-electron chi connectivity index (χ0n) is 17.0. The Bertz CT molecular complexity index is 1040. The van der Waals surface area contributed by atoms with Gasteiger partial charge in [-0.15, -0.1) is 0 Å². The molecule has 156 valence electrons. The Morgan fingerprint density at radius 2 is 1.83 bits per heavy atom. The van der Waals surface area contributed by atoms with E-state index in [0.717, 1.165) is 16.7 Å². The first-order valence-electron chi connectivity index (χ1n) is 9.76. The molecule has 1 heterocycles. The molecule has 0 aliphatic heterocycles. The highest BCUT2D eigenvalue weighted by atomic mass is 16.4. The van der Waals surface area contributed by atoms with Crippen LogP contribution in [-0.2, 0) is 11.2 Å². The maximum atomic E-state index is 12.7. The van der Waals surface area contributed by atoms with Crippen LogP contribution in [-0.4, -0.2) is 37.9 Å². The molecule has 3 N–H and O–H groups in total. The summed E-state index contributed by atoms with van der Waals surface area (Å²) in [7, 11) is 0. The molecule has 0 aliphatic carbocycles. The van der Waals surface area contributed by atoms with E-state index in [1.807, 2.05) is 62.4 Å². The van der Waals surface area contributed by atoms with Gasteiger partial charge in [0.2, 0.25) is 5.88 Å². The number of rotatable bonds is 8. The molecule has 0 bridgehead atoms. The Hall–Kier alpha value is -3.61. The lowest BCUT2D eigenvalue weighted by Gasteiger charge is -2.16. The lowest BCUT2D eigenvalue weighted by atomic mass is 10.0. The van der Waals surface area contributed by atoms with Crippen molar-refractivity contribution >= 4 is 11.9 Å². The highest BCUT2D eigenvalue weighted by Crippen LogP contribution is 2.22. The van der Waals surface area contributed by atoms with Crippen molar-refractivity contribution in [3.05, 3.63) is 77.0 Å². The topological polar surface area (TPSA) is 104 Å². The number of benzene rings is 2. The van der Waals surface area contributed by atoms with Crippen molar-refractivity contribution in [1.29, 1.82) is 0 Å².